The van der Waals surface area contributed by atoms with Crippen LogP contribution in [0.4, 0.5) is 8.78 Å². The minimum Gasteiger partial charge on any atom is -0.434 e. The largest absolute Gasteiger partial charge is 0.434 e. The van der Waals surface area contributed by atoms with Gasteiger partial charge in [0.05, 0.1) is 11.1 Å². The number of ether oxygens (including phenoxy) is 1. The Kier molecular flexibility index (Phi) is 7.53. The normalized spacial score (nSPS) is 26.0. The van der Waals surface area contributed by atoms with Crippen LogP contribution in [0.2, 0.25) is 23.2 Å². The van der Waals surface area contributed by atoms with E-state index >= 15 is 0 Å². The first-order chi connectivity index (χ1) is 14.2. The number of alkyl halides is 2. The Morgan fingerprint density at radius 1 is 1.13 bits per heavy atom. The molecule has 2 fully saturated rings. The highest BCUT2D eigenvalue weighted by molar-refractivity contribution is 6.73. The molecule has 0 amide bonds. The van der Waals surface area contributed by atoms with E-state index < -0.39 is 21.0 Å². The van der Waals surface area contributed by atoms with Crippen LogP contribution in [0.15, 0.2) is 18.2 Å². The molecule has 0 radical (unpaired) electrons. The fraction of sp³-hybridized carbons (Fsp3) is 0.739. The molecule has 1 aromatic rings. The number of nitrogens with one attached hydrogen (secondary N) is 1. The fourth-order valence-corrected chi connectivity index (χ4v) is 8.57. The maximum absolute atomic E-state index is 13.1. The molecule has 2 saturated carbocycles. The zero-order valence-corrected chi connectivity index (χ0v) is 20.6. The van der Waals surface area contributed by atoms with Crippen LogP contribution in [-0.2, 0) is 4.43 Å². The average Bonchev–Trinajstić information content (AvgIpc) is 3.04. The number of rotatable bonds is 11. The van der Waals surface area contributed by atoms with Gasteiger partial charge in [-0.2, -0.15) is 8.78 Å². The Labute approximate surface area is 186 Å². The number of halogens is 3. The summed E-state index contributed by atoms with van der Waals surface area (Å²) >= 11 is 6.51. The molecule has 2 aliphatic carbocycles. The van der Waals surface area contributed by atoms with Crippen molar-refractivity contribution in [1.29, 1.82) is 0 Å². The van der Waals surface area contributed by atoms with Crippen LogP contribution in [0, 0.1) is 17.3 Å². The lowest BCUT2D eigenvalue weighted by atomic mass is 9.97. The third-order valence-corrected chi connectivity index (χ3v) is 12.8. The Morgan fingerprint density at radius 2 is 1.73 bits per heavy atom. The van der Waals surface area contributed by atoms with E-state index in [9.17, 15) is 8.78 Å². The van der Waals surface area contributed by atoms with E-state index in [1.165, 1.54) is 12.8 Å². The minimum absolute atomic E-state index is 0.117. The molecule has 0 bridgehead atoms. The topological polar surface area (TPSA) is 30.5 Å². The van der Waals surface area contributed by atoms with Gasteiger partial charge in [-0.15, -0.1) is 0 Å². The second kappa shape index (κ2) is 9.43. The van der Waals surface area contributed by atoms with Gasteiger partial charge in [0.1, 0.15) is 5.75 Å². The number of hydrogen-bond acceptors (Lipinski definition) is 3. The maximum atomic E-state index is 13.1. The van der Waals surface area contributed by atoms with Crippen LogP contribution in [0.3, 0.4) is 0 Å². The third-order valence-electron chi connectivity index (χ3n) is 7.83. The quantitative estimate of drug-likeness (QED) is 0.360. The van der Waals surface area contributed by atoms with Crippen molar-refractivity contribution in [1.82, 2.24) is 5.32 Å². The Morgan fingerprint density at radius 3 is 2.27 bits per heavy atom. The summed E-state index contributed by atoms with van der Waals surface area (Å²) in [6, 6.07) is 8.32. The van der Waals surface area contributed by atoms with Crippen molar-refractivity contribution in [3.05, 3.63) is 28.8 Å². The van der Waals surface area contributed by atoms with Crippen LogP contribution in [-0.4, -0.2) is 27.5 Å². The van der Waals surface area contributed by atoms with E-state index in [1.807, 2.05) is 0 Å². The molecule has 2 unspecified atom stereocenters. The number of hydrogen-bond donors (Lipinski definition) is 1. The Balaban J connectivity index is 1.81. The fourth-order valence-electron chi connectivity index (χ4n) is 5.48. The number of fused-ring (bicyclic) bond motifs is 1. The van der Waals surface area contributed by atoms with Gasteiger partial charge in [0, 0.05) is 18.2 Å². The van der Waals surface area contributed by atoms with E-state index in [0.717, 1.165) is 30.0 Å². The van der Waals surface area contributed by atoms with Crippen molar-refractivity contribution in [3.8, 4) is 5.75 Å². The van der Waals surface area contributed by atoms with Gasteiger partial charge in [-0.1, -0.05) is 52.3 Å². The van der Waals surface area contributed by atoms with E-state index in [4.69, 9.17) is 20.8 Å². The molecule has 1 aromatic carbocycles. The van der Waals surface area contributed by atoms with Gasteiger partial charge in [-0.25, -0.2) is 0 Å². The van der Waals surface area contributed by atoms with Crippen molar-refractivity contribution in [3.63, 3.8) is 0 Å². The molecule has 1 N–H and O–H groups in total. The van der Waals surface area contributed by atoms with Gasteiger partial charge >= 0.3 is 6.61 Å². The zero-order chi connectivity index (χ0) is 22.1. The molecule has 2 aliphatic rings. The van der Waals surface area contributed by atoms with Crippen LogP contribution in [0.1, 0.15) is 59.1 Å². The van der Waals surface area contributed by atoms with Crippen LogP contribution >= 0.6 is 11.6 Å². The molecule has 3 rings (SSSR count). The molecule has 0 saturated heterocycles. The summed E-state index contributed by atoms with van der Waals surface area (Å²) < 4.78 is 37.8. The Bertz CT molecular complexity index is 707. The highest BCUT2D eigenvalue weighted by atomic mass is 35.5. The Hall–Kier alpha value is -0.693. The smallest absolute Gasteiger partial charge is 0.387 e. The first-order valence-corrected chi connectivity index (χ1v) is 14.2. The molecule has 0 heterocycles. The van der Waals surface area contributed by atoms with Crippen molar-refractivity contribution >= 4 is 19.9 Å². The molecule has 170 valence electrons. The summed E-state index contributed by atoms with van der Waals surface area (Å²) in [7, 11) is -2.00. The van der Waals surface area contributed by atoms with Gasteiger partial charge < -0.3 is 14.5 Å². The van der Waals surface area contributed by atoms with Gasteiger partial charge in [0.15, 0.2) is 8.32 Å². The van der Waals surface area contributed by atoms with E-state index in [2.05, 4.69) is 39.9 Å². The predicted octanol–water partition coefficient (Wildman–Crippen LogP) is 7.03. The predicted molar refractivity (Wildman–Crippen MR) is 121 cm³/mol. The van der Waals surface area contributed by atoms with Gasteiger partial charge in [0.25, 0.3) is 0 Å². The molecule has 7 heteroatoms. The van der Waals surface area contributed by atoms with Crippen molar-refractivity contribution in [2.24, 2.45) is 17.3 Å². The molecular formula is C23H36ClF2NO2Si. The van der Waals surface area contributed by atoms with Gasteiger partial charge in [0.2, 0.25) is 0 Å². The second-order valence-corrected chi connectivity index (χ2v) is 14.6. The molecule has 0 aliphatic heterocycles. The molecular weight excluding hydrogens is 424 g/mol. The monoisotopic (exact) mass is 459 g/mol. The maximum Gasteiger partial charge on any atom is 0.387 e. The van der Waals surface area contributed by atoms with Crippen molar-refractivity contribution in [2.75, 3.05) is 6.54 Å². The van der Waals surface area contributed by atoms with Crippen LogP contribution < -0.4 is 10.1 Å². The molecule has 30 heavy (non-hydrogen) atoms. The summed E-state index contributed by atoms with van der Waals surface area (Å²) in [4.78, 5) is 0. The van der Waals surface area contributed by atoms with Gasteiger partial charge in [-0.05, 0) is 60.4 Å². The third kappa shape index (κ3) is 4.87. The average molecular weight is 460 g/mol. The first kappa shape index (κ1) is 24.0. The standard InChI is InChI=1S/C23H36ClF2NO2Si/c1-6-30(7-2,8-3)29-20(14-27-15-12-16-17(13-15)23(16,4)5)21-18(24)10-9-11-19(21)28-22(25)26/h9-11,15-17,20,22,27H,6-8,12-14H2,1-5H3/t15?,16-,17+,20?. The van der Waals surface area contributed by atoms with Gasteiger partial charge in [-0.3, -0.25) is 0 Å². The molecule has 3 nitrogen and oxygen atoms in total. The van der Waals surface area contributed by atoms with Crippen LogP contribution in [0.25, 0.3) is 0 Å². The summed E-state index contributed by atoms with van der Waals surface area (Å²) in [5, 5.41) is 4.10. The summed E-state index contributed by atoms with van der Waals surface area (Å²) in [6.07, 6.45) is 1.94. The van der Waals surface area contributed by atoms with E-state index in [0.29, 0.717) is 28.6 Å². The first-order valence-electron chi connectivity index (χ1n) is 11.3. The molecule has 0 aromatic heterocycles. The lowest BCUT2D eigenvalue weighted by molar-refractivity contribution is -0.0514. The zero-order valence-electron chi connectivity index (χ0n) is 18.8. The highest BCUT2D eigenvalue weighted by Crippen LogP contribution is 2.66. The summed E-state index contributed by atoms with van der Waals surface area (Å²) in [5.41, 5.74) is 1.02. The second-order valence-electron chi connectivity index (χ2n) is 9.49. The van der Waals surface area contributed by atoms with Crippen molar-refractivity contribution in [2.45, 2.75) is 84.3 Å². The highest BCUT2D eigenvalue weighted by Gasteiger charge is 2.61. The van der Waals surface area contributed by atoms with Crippen LogP contribution in [0.5, 0.6) is 5.75 Å². The lowest BCUT2D eigenvalue weighted by Crippen LogP contribution is -2.41. The van der Waals surface area contributed by atoms with Crippen molar-refractivity contribution < 1.29 is 17.9 Å². The minimum atomic E-state index is -2.90. The molecule has 0 spiro atoms. The SMILES string of the molecule is CC[Si](CC)(CC)OC(CNC1C[C@@H]2[C@H](C1)C2(C)C)c1c(Cl)cccc1OC(F)F. The summed E-state index contributed by atoms with van der Waals surface area (Å²) in [6.45, 7) is 8.86. The van der Waals surface area contributed by atoms with E-state index in [-0.39, 0.29) is 5.75 Å². The summed E-state index contributed by atoms with van der Waals surface area (Å²) in [5.74, 6) is 1.71. The molecule has 4 atom stereocenters. The number of benzene rings is 1. The van der Waals surface area contributed by atoms with E-state index in [1.54, 1.807) is 18.2 Å². The lowest BCUT2D eigenvalue weighted by Gasteiger charge is -2.35.